The Hall–Kier alpha value is -4.79. The number of aryl methyl sites for hydroxylation is 1. The molecule has 0 fully saturated rings. The molecule has 2 amide bonds. The van der Waals surface area contributed by atoms with Crippen LogP contribution in [0.1, 0.15) is 27.9 Å². The molecule has 1 atom stereocenters. The van der Waals surface area contributed by atoms with Crippen molar-refractivity contribution in [1.82, 2.24) is 15.6 Å². The fraction of sp³-hybridized carbons (Fsp3) is 0.233. The van der Waals surface area contributed by atoms with Gasteiger partial charge in [0.15, 0.2) is 6.61 Å². The number of aromatic carboxylic acids is 1. The molecular formula is C30H31N3O6. The Kier molecular flexibility index (Phi) is 9.18. The summed E-state index contributed by atoms with van der Waals surface area (Å²) in [6, 6.07) is 21.1. The summed E-state index contributed by atoms with van der Waals surface area (Å²) in [6.07, 6.45) is 3.15. The second-order valence-corrected chi connectivity index (χ2v) is 9.03. The largest absolute Gasteiger partial charge is 0.496 e. The average Bonchev–Trinajstić information content (AvgIpc) is 3.36. The number of carboxylic acids is 1. The number of ether oxygens (including phenoxy) is 2. The number of aromatic nitrogens is 1. The minimum atomic E-state index is -1.14. The number of hydrogen-bond donors (Lipinski definition) is 4. The van der Waals surface area contributed by atoms with Crippen molar-refractivity contribution in [1.29, 1.82) is 0 Å². The minimum absolute atomic E-state index is 0.0250. The molecule has 1 heterocycles. The van der Waals surface area contributed by atoms with E-state index in [-0.39, 0.29) is 36.8 Å². The van der Waals surface area contributed by atoms with Crippen molar-refractivity contribution in [3.8, 4) is 11.5 Å². The summed E-state index contributed by atoms with van der Waals surface area (Å²) in [5.74, 6) is -0.870. The number of carbonyl (C=O) groups excluding carboxylic acids is 2. The molecule has 39 heavy (non-hydrogen) atoms. The third-order valence-corrected chi connectivity index (χ3v) is 6.34. The minimum Gasteiger partial charge on any atom is -0.496 e. The summed E-state index contributed by atoms with van der Waals surface area (Å²) in [4.78, 5) is 40.1. The first-order valence-electron chi connectivity index (χ1n) is 12.6. The number of H-pyrrole nitrogens is 1. The summed E-state index contributed by atoms with van der Waals surface area (Å²) < 4.78 is 10.9. The van der Waals surface area contributed by atoms with Crippen molar-refractivity contribution in [2.24, 2.45) is 0 Å². The maximum absolute atomic E-state index is 12.8. The molecule has 0 aliphatic rings. The van der Waals surface area contributed by atoms with Crippen molar-refractivity contribution in [3.05, 3.63) is 95.7 Å². The van der Waals surface area contributed by atoms with Gasteiger partial charge in [-0.2, -0.15) is 0 Å². The Morgan fingerprint density at radius 3 is 2.41 bits per heavy atom. The number of fused-ring (bicyclic) bond motifs is 1. The van der Waals surface area contributed by atoms with Gasteiger partial charge in [-0.25, -0.2) is 4.79 Å². The fourth-order valence-corrected chi connectivity index (χ4v) is 4.41. The normalized spacial score (nSPS) is 11.5. The highest BCUT2D eigenvalue weighted by atomic mass is 16.5. The highest BCUT2D eigenvalue weighted by molar-refractivity contribution is 5.91. The highest BCUT2D eigenvalue weighted by Crippen LogP contribution is 2.21. The maximum Gasteiger partial charge on any atom is 0.339 e. The van der Waals surface area contributed by atoms with Gasteiger partial charge in [0.2, 0.25) is 5.91 Å². The van der Waals surface area contributed by atoms with Crippen LogP contribution in [0.15, 0.2) is 79.0 Å². The molecule has 0 saturated carbocycles. The lowest BCUT2D eigenvalue weighted by molar-refractivity contribution is -0.125. The zero-order valence-electron chi connectivity index (χ0n) is 21.6. The van der Waals surface area contributed by atoms with Crippen molar-refractivity contribution in [2.75, 3.05) is 20.3 Å². The van der Waals surface area contributed by atoms with E-state index in [1.54, 1.807) is 19.2 Å². The van der Waals surface area contributed by atoms with Crippen molar-refractivity contribution in [3.63, 3.8) is 0 Å². The zero-order valence-corrected chi connectivity index (χ0v) is 21.6. The lowest BCUT2D eigenvalue weighted by Gasteiger charge is -2.20. The Labute approximate surface area is 226 Å². The molecule has 9 heteroatoms. The van der Waals surface area contributed by atoms with Crippen LogP contribution < -0.4 is 20.1 Å². The van der Waals surface area contributed by atoms with E-state index >= 15 is 0 Å². The van der Waals surface area contributed by atoms with Gasteiger partial charge in [0.25, 0.3) is 5.91 Å². The molecule has 0 bridgehead atoms. The number of aromatic amines is 1. The van der Waals surface area contributed by atoms with Crippen LogP contribution in [0.25, 0.3) is 10.9 Å². The lowest BCUT2D eigenvalue weighted by atomic mass is 10.0. The van der Waals surface area contributed by atoms with E-state index in [1.807, 2.05) is 54.7 Å². The highest BCUT2D eigenvalue weighted by Gasteiger charge is 2.18. The van der Waals surface area contributed by atoms with Crippen LogP contribution in [0.2, 0.25) is 0 Å². The monoisotopic (exact) mass is 529 g/mol. The van der Waals surface area contributed by atoms with Crippen molar-refractivity contribution < 1.29 is 29.0 Å². The number of methoxy groups -OCH3 is 1. The molecule has 4 rings (SSSR count). The molecular weight excluding hydrogens is 498 g/mol. The molecule has 0 aliphatic heterocycles. The molecule has 4 aromatic rings. The number of benzene rings is 3. The van der Waals surface area contributed by atoms with Crippen LogP contribution in [0, 0.1) is 0 Å². The number of nitrogens with one attached hydrogen (secondary N) is 3. The van der Waals surface area contributed by atoms with Crippen LogP contribution in [0.4, 0.5) is 0 Å². The molecule has 0 radical (unpaired) electrons. The smallest absolute Gasteiger partial charge is 0.339 e. The first-order valence-corrected chi connectivity index (χ1v) is 12.6. The predicted molar refractivity (Wildman–Crippen MR) is 147 cm³/mol. The van der Waals surface area contributed by atoms with Crippen molar-refractivity contribution in [2.45, 2.75) is 25.3 Å². The van der Waals surface area contributed by atoms with Gasteiger partial charge in [-0.05, 0) is 48.2 Å². The quantitative estimate of drug-likeness (QED) is 0.209. The van der Waals surface area contributed by atoms with Gasteiger partial charge in [0.1, 0.15) is 17.1 Å². The van der Waals surface area contributed by atoms with Crippen LogP contribution in [-0.2, 0) is 22.4 Å². The van der Waals surface area contributed by atoms with Gasteiger partial charge in [-0.15, -0.1) is 0 Å². The Morgan fingerprint density at radius 2 is 1.62 bits per heavy atom. The molecule has 0 unspecified atom stereocenters. The van der Waals surface area contributed by atoms with Gasteiger partial charge < -0.3 is 30.2 Å². The third kappa shape index (κ3) is 7.38. The van der Waals surface area contributed by atoms with Gasteiger partial charge in [0, 0.05) is 30.1 Å². The first kappa shape index (κ1) is 27.3. The molecule has 0 saturated heterocycles. The lowest BCUT2D eigenvalue weighted by Crippen LogP contribution is -2.46. The van der Waals surface area contributed by atoms with Crippen LogP contribution in [-0.4, -0.2) is 54.2 Å². The van der Waals surface area contributed by atoms with Crippen molar-refractivity contribution >= 4 is 28.7 Å². The van der Waals surface area contributed by atoms with Gasteiger partial charge in [0.05, 0.1) is 13.2 Å². The summed E-state index contributed by atoms with van der Waals surface area (Å²) in [6.45, 7) is -0.155. The number of rotatable bonds is 13. The van der Waals surface area contributed by atoms with E-state index in [2.05, 4.69) is 15.6 Å². The zero-order chi connectivity index (χ0) is 27.6. The van der Waals surface area contributed by atoms with Gasteiger partial charge >= 0.3 is 5.97 Å². The Bertz CT molecular complexity index is 1450. The molecule has 202 valence electrons. The predicted octanol–water partition coefficient (Wildman–Crippen LogP) is 3.73. The number of para-hydroxylation sites is 3. The molecule has 4 N–H and O–H groups in total. The van der Waals surface area contributed by atoms with Gasteiger partial charge in [-0.1, -0.05) is 48.5 Å². The van der Waals surface area contributed by atoms with Crippen LogP contribution in [0.3, 0.4) is 0 Å². The summed E-state index contributed by atoms with van der Waals surface area (Å²) in [7, 11) is 1.60. The SMILES string of the molecule is COc1ccccc1CCC(=O)NC[C@@H](Cc1c[nH]c2ccccc12)NC(=O)COc1ccccc1C(=O)O. The Balaban J connectivity index is 1.39. The summed E-state index contributed by atoms with van der Waals surface area (Å²) in [5, 5.41) is 16.2. The van der Waals surface area contributed by atoms with E-state index < -0.39 is 17.9 Å². The number of hydrogen-bond acceptors (Lipinski definition) is 5. The second kappa shape index (κ2) is 13.1. The molecule has 1 aromatic heterocycles. The summed E-state index contributed by atoms with van der Waals surface area (Å²) >= 11 is 0. The van der Waals surface area contributed by atoms with Crippen LogP contribution >= 0.6 is 0 Å². The number of amides is 2. The number of carbonyl (C=O) groups is 3. The van der Waals surface area contributed by atoms with E-state index in [0.29, 0.717) is 12.8 Å². The Morgan fingerprint density at radius 1 is 0.897 bits per heavy atom. The third-order valence-electron chi connectivity index (χ3n) is 6.34. The fourth-order valence-electron chi connectivity index (χ4n) is 4.41. The van der Waals surface area contributed by atoms with Gasteiger partial charge in [-0.3, -0.25) is 9.59 Å². The standard InChI is InChI=1S/C30H31N3O6/c1-38-26-12-6-2-8-20(26)14-15-28(34)32-18-22(16-21-17-31-25-11-5-3-9-23(21)25)33-29(35)19-39-27-13-7-4-10-24(27)30(36)37/h2-13,17,22,31H,14-16,18-19H2,1H3,(H,32,34)(H,33,35)(H,36,37)/t22-/m1/s1. The molecule has 9 nitrogen and oxygen atoms in total. The number of carboxylic acid groups (broad SMARTS) is 1. The van der Waals surface area contributed by atoms with Crippen LogP contribution in [0.5, 0.6) is 11.5 Å². The molecule has 3 aromatic carbocycles. The molecule has 0 aliphatic carbocycles. The van der Waals surface area contributed by atoms with E-state index in [1.165, 1.54) is 12.1 Å². The topological polar surface area (TPSA) is 130 Å². The summed E-state index contributed by atoms with van der Waals surface area (Å²) in [5.41, 5.74) is 2.89. The maximum atomic E-state index is 12.8. The second-order valence-electron chi connectivity index (χ2n) is 9.03. The first-order chi connectivity index (χ1) is 18.9. The van der Waals surface area contributed by atoms with E-state index in [0.717, 1.165) is 27.8 Å². The molecule has 0 spiro atoms. The van der Waals surface area contributed by atoms with E-state index in [9.17, 15) is 19.5 Å². The van der Waals surface area contributed by atoms with E-state index in [4.69, 9.17) is 9.47 Å². The average molecular weight is 530 g/mol.